The lowest BCUT2D eigenvalue weighted by Crippen LogP contribution is -2.14. The molecule has 5 aromatic rings. The molecule has 0 heterocycles. The van der Waals surface area contributed by atoms with Gasteiger partial charge in [0, 0.05) is 28.5 Å². The molecule has 0 amide bonds. The molecular formula is C41H30N8O14S2. The van der Waals surface area contributed by atoms with Crippen molar-refractivity contribution >= 4 is 87.4 Å². The van der Waals surface area contributed by atoms with Crippen LogP contribution in [0, 0.1) is 10.1 Å². The number of fused-ring (bicyclic) bond motifs is 2. The molecule has 7 N–H and O–H groups in total. The quantitative estimate of drug-likeness (QED) is 0.0170. The first kappa shape index (κ1) is 44.8. The summed E-state index contributed by atoms with van der Waals surface area (Å²) in [6.45, 7) is 0. The number of azo groups is 3. The topological polar surface area (TPSA) is 348 Å². The maximum Gasteiger partial charge on any atom is 0.338 e. The van der Waals surface area contributed by atoms with Gasteiger partial charge in [0.1, 0.15) is 50.5 Å². The molecule has 0 aromatic heterocycles. The normalized spacial score (nSPS) is 14.2. The molecule has 0 atom stereocenters. The van der Waals surface area contributed by atoms with E-state index in [-0.39, 0.29) is 61.3 Å². The number of nitrogens with zero attached hydrogens (tertiary/aromatic N) is 7. The van der Waals surface area contributed by atoms with Gasteiger partial charge in [-0.3, -0.25) is 28.6 Å². The number of nitro benzene ring substituents is 1. The Hall–Kier alpha value is -8.29. The Balaban J connectivity index is 1.21. The molecule has 22 nitrogen and oxygen atoms in total. The number of phenols is 1. The number of rotatable bonds is 12. The van der Waals surface area contributed by atoms with Gasteiger partial charge in [0.25, 0.3) is 15.8 Å². The maximum absolute atomic E-state index is 12.8. The van der Waals surface area contributed by atoms with Crippen molar-refractivity contribution in [2.24, 2.45) is 30.7 Å². The summed E-state index contributed by atoms with van der Waals surface area (Å²) >= 11 is 0. The third-order valence-electron chi connectivity index (χ3n) is 9.63. The molecule has 0 saturated heterocycles. The zero-order chi connectivity index (χ0) is 47.0. The fraction of sp³-hybridized carbons (Fsp3) is 0.0488. The second kappa shape index (κ2) is 17.5. The van der Waals surface area contributed by atoms with Crippen LogP contribution in [0.3, 0.4) is 0 Å². The molecular weight excluding hydrogens is 893 g/mol. The standard InChI is InChI=1S/C41H30N8O14S2/c1-62-34-16-20(3-11-31(34)44-47-38-25-8-7-24(64(56,57)58)15-22(25)5-14-33(38)50)21-4-12-32(35(17-21)63-2)45-48-39-36(65(59,60)61)19-27-26(40(39)51)9-10-29(42)37(27)46-43-30-13-6-23(49(54)55)18-28(30)41(52)53/h3-19,51H,42H2,1-2H3,(H,52,53)(H2,56,57,58)(H,59,60,61). The summed E-state index contributed by atoms with van der Waals surface area (Å²) in [5.74, 6) is -2.44. The lowest BCUT2D eigenvalue weighted by molar-refractivity contribution is -0.384. The third kappa shape index (κ3) is 9.13. The number of carboxylic acids is 1. The van der Waals surface area contributed by atoms with Crippen LogP contribution in [0.2, 0.25) is 0 Å². The molecule has 0 saturated carbocycles. The average molecular weight is 923 g/mol. The van der Waals surface area contributed by atoms with Crippen molar-refractivity contribution in [3.8, 4) is 28.4 Å². The van der Waals surface area contributed by atoms with Gasteiger partial charge in [-0.25, -0.2) is 9.00 Å². The van der Waals surface area contributed by atoms with Crippen LogP contribution in [0.5, 0.6) is 17.2 Å². The van der Waals surface area contributed by atoms with Gasteiger partial charge >= 0.3 is 5.97 Å². The number of benzene rings is 5. The second-order valence-corrected chi connectivity index (χ2v) is 16.4. The Labute approximate surface area is 366 Å². The van der Waals surface area contributed by atoms with Crippen LogP contribution in [-0.4, -0.2) is 72.3 Å². The summed E-state index contributed by atoms with van der Waals surface area (Å²) in [5.41, 5.74) is 5.71. The van der Waals surface area contributed by atoms with E-state index in [1.165, 1.54) is 62.8 Å². The van der Waals surface area contributed by atoms with Crippen LogP contribution in [0.4, 0.5) is 39.8 Å². The Kier molecular flexibility index (Phi) is 12.0. The summed E-state index contributed by atoms with van der Waals surface area (Å²) in [7, 11) is -6.67. The van der Waals surface area contributed by atoms with Crippen molar-refractivity contribution in [3.63, 3.8) is 0 Å². The predicted molar refractivity (Wildman–Crippen MR) is 235 cm³/mol. The number of hydrogen-bond acceptors (Lipinski definition) is 17. The number of nitro groups is 1. The molecule has 0 bridgehead atoms. The summed E-state index contributed by atoms with van der Waals surface area (Å²) in [6.07, 6.45) is 6.46. The number of allylic oxidation sites excluding steroid dienone is 7. The van der Waals surface area contributed by atoms with Gasteiger partial charge < -0.3 is 25.4 Å². The number of phenolic OH excluding ortho intramolecular Hbond substituents is 1. The lowest BCUT2D eigenvalue weighted by atomic mass is 9.92. The molecule has 0 aliphatic heterocycles. The van der Waals surface area contributed by atoms with Gasteiger partial charge in [-0.2, -0.15) is 8.42 Å². The number of hydrogen-bond donors (Lipinski definition) is 6. The molecule has 330 valence electrons. The first-order valence-corrected chi connectivity index (χ1v) is 21.1. The second-order valence-electron chi connectivity index (χ2n) is 13.6. The Morgan fingerprint density at radius 2 is 1.32 bits per heavy atom. The molecule has 0 radical (unpaired) electrons. The summed E-state index contributed by atoms with van der Waals surface area (Å²) < 4.78 is 77.6. The number of ketones is 1. The zero-order valence-electron chi connectivity index (χ0n) is 33.2. The molecule has 65 heavy (non-hydrogen) atoms. The average Bonchev–Trinajstić information content (AvgIpc) is 3.26. The number of carbonyl (C=O) groups is 2. The lowest BCUT2D eigenvalue weighted by Gasteiger charge is -2.16. The largest absolute Gasteiger partial charge is 0.505 e. The molecule has 0 unspecified atom stereocenters. The van der Waals surface area contributed by atoms with Crippen LogP contribution >= 0.6 is 0 Å². The Morgan fingerprint density at radius 3 is 1.91 bits per heavy atom. The van der Waals surface area contributed by atoms with E-state index in [4.69, 9.17) is 15.2 Å². The summed E-state index contributed by atoms with van der Waals surface area (Å²) in [6, 6.07) is 15.8. The van der Waals surface area contributed by atoms with Crippen LogP contribution < -0.4 is 15.2 Å². The number of aromatic carboxylic acids is 1. The van der Waals surface area contributed by atoms with Gasteiger partial charge in [-0.15, -0.1) is 30.7 Å². The zero-order valence-corrected chi connectivity index (χ0v) is 34.9. The minimum atomic E-state index is -5.15. The SMILES string of the molecule is COc1cc(-c2ccc(N=Nc3c(S(=O)(=O)O)cc4c(N=Nc5ccc([N+](=O)[O-])cc5C(=O)O)c(N)ccc4c3O)c(OC)c2)ccc1N=NC1=C2C=CC(=S(=O)(O)O)C=C2C=CC1=O. The molecule has 24 heteroatoms. The predicted octanol–water partition coefficient (Wildman–Crippen LogP) is 8.87. The van der Waals surface area contributed by atoms with E-state index >= 15 is 0 Å². The smallest absolute Gasteiger partial charge is 0.338 e. The fourth-order valence-corrected chi connectivity index (χ4v) is 7.63. The van der Waals surface area contributed by atoms with Crippen LogP contribution in [0.25, 0.3) is 21.9 Å². The number of aromatic hydroxyl groups is 1. The van der Waals surface area contributed by atoms with Crippen molar-refractivity contribution < 1.29 is 60.5 Å². The molecule has 0 fully saturated rings. The number of carboxylic acid groups (broad SMARTS) is 1. The van der Waals surface area contributed by atoms with Gasteiger partial charge in [0.15, 0.2) is 5.75 Å². The van der Waals surface area contributed by atoms with Crippen molar-refractivity contribution in [2.45, 2.75) is 4.90 Å². The molecule has 5 aromatic carbocycles. The number of methoxy groups -OCH3 is 2. The fourth-order valence-electron chi connectivity index (χ4n) is 6.45. The summed E-state index contributed by atoms with van der Waals surface area (Å²) in [5, 5.41) is 56.2. The Bertz CT molecular complexity index is 3390. The van der Waals surface area contributed by atoms with E-state index in [2.05, 4.69) is 30.7 Å². The van der Waals surface area contributed by atoms with E-state index in [1.54, 1.807) is 30.3 Å². The number of nitrogens with two attached hydrogens (primary N) is 1. The van der Waals surface area contributed by atoms with Crippen molar-refractivity contribution in [2.75, 3.05) is 20.0 Å². The Morgan fingerprint density at radius 1 is 0.723 bits per heavy atom. The molecule has 2 aliphatic carbocycles. The summed E-state index contributed by atoms with van der Waals surface area (Å²) in [4.78, 5) is 33.8. The van der Waals surface area contributed by atoms with Crippen LogP contribution in [-0.2, 0) is 25.0 Å². The molecule has 7 rings (SSSR count). The minimum absolute atomic E-state index is 0.0505. The molecule has 2 aliphatic rings. The number of non-ortho nitro benzene ring substituents is 1. The minimum Gasteiger partial charge on any atom is -0.505 e. The van der Waals surface area contributed by atoms with Gasteiger partial charge in [-0.1, -0.05) is 24.3 Å². The van der Waals surface area contributed by atoms with Gasteiger partial charge in [0.05, 0.1) is 35.3 Å². The maximum atomic E-state index is 12.8. The highest BCUT2D eigenvalue weighted by molar-refractivity contribution is 7.92. The van der Waals surface area contributed by atoms with E-state index in [0.29, 0.717) is 22.3 Å². The number of ether oxygens (including phenoxy) is 2. The highest BCUT2D eigenvalue weighted by Gasteiger charge is 2.26. The van der Waals surface area contributed by atoms with Crippen LogP contribution in [0.1, 0.15) is 10.4 Å². The van der Waals surface area contributed by atoms with Gasteiger partial charge in [0.2, 0.25) is 15.9 Å². The van der Waals surface area contributed by atoms with Gasteiger partial charge in [-0.05, 0) is 83.5 Å². The van der Waals surface area contributed by atoms with Crippen molar-refractivity contribution in [1.82, 2.24) is 0 Å². The van der Waals surface area contributed by atoms with E-state index in [1.807, 2.05) is 0 Å². The van der Waals surface area contributed by atoms with E-state index in [9.17, 15) is 56.2 Å². The third-order valence-corrected chi connectivity index (χ3v) is 11.4. The number of carbonyl (C=O) groups excluding carboxylic acids is 1. The molecule has 0 spiro atoms. The highest BCUT2D eigenvalue weighted by atomic mass is 32.2. The van der Waals surface area contributed by atoms with E-state index < -0.39 is 64.5 Å². The van der Waals surface area contributed by atoms with Crippen LogP contribution in [0.15, 0.2) is 156 Å². The number of nitrogen functional groups attached to an aromatic ring is 1. The van der Waals surface area contributed by atoms with E-state index in [0.717, 1.165) is 24.3 Å². The van der Waals surface area contributed by atoms with Crippen molar-refractivity contribution in [3.05, 3.63) is 136 Å². The first-order chi connectivity index (χ1) is 30.8. The highest BCUT2D eigenvalue weighted by Crippen LogP contribution is 2.47. The first-order valence-electron chi connectivity index (χ1n) is 18.2. The van der Waals surface area contributed by atoms with Crippen molar-refractivity contribution in [1.29, 1.82) is 0 Å². The number of anilines is 1. The monoisotopic (exact) mass is 922 g/mol.